The second-order valence-corrected chi connectivity index (χ2v) is 5.75. The van der Waals surface area contributed by atoms with E-state index in [1.165, 1.54) is 24.4 Å². The summed E-state index contributed by atoms with van der Waals surface area (Å²) < 4.78 is 18.5. The largest absolute Gasteiger partial charge is 0.495 e. The molecule has 1 heterocycles. The number of aromatic nitrogens is 1. The normalized spacial score (nSPS) is 10.3. The van der Waals surface area contributed by atoms with Gasteiger partial charge in [0.15, 0.2) is 0 Å². The summed E-state index contributed by atoms with van der Waals surface area (Å²) in [5, 5.41) is 5.72. The van der Waals surface area contributed by atoms with Crippen LogP contribution in [0.15, 0.2) is 60.8 Å². The Labute approximate surface area is 154 Å². The van der Waals surface area contributed by atoms with Crippen LogP contribution >= 0.6 is 11.6 Å². The highest BCUT2D eigenvalue weighted by molar-refractivity contribution is 6.31. The van der Waals surface area contributed by atoms with Crippen LogP contribution in [0.25, 0.3) is 0 Å². The van der Waals surface area contributed by atoms with E-state index in [9.17, 15) is 9.18 Å². The van der Waals surface area contributed by atoms with Gasteiger partial charge < -0.3 is 15.4 Å². The van der Waals surface area contributed by atoms with Crippen LogP contribution in [0.2, 0.25) is 5.02 Å². The number of halogens is 2. The summed E-state index contributed by atoms with van der Waals surface area (Å²) in [5.74, 6) is 0.236. The second-order valence-electron chi connectivity index (χ2n) is 5.34. The predicted molar refractivity (Wildman–Crippen MR) is 99.9 cm³/mol. The number of hydrogen-bond donors (Lipinski definition) is 2. The fourth-order valence-electron chi connectivity index (χ4n) is 2.30. The number of ether oxygens (including phenoxy) is 1. The first kappa shape index (κ1) is 17.7. The molecule has 0 radical (unpaired) electrons. The molecule has 0 aliphatic heterocycles. The van der Waals surface area contributed by atoms with Gasteiger partial charge in [0, 0.05) is 17.4 Å². The predicted octanol–water partition coefficient (Wildman–Crippen LogP) is 4.88. The standard InChI is InChI=1S/C19H15ClFN3O2/c1-26-17-5-3-2-4-16(17)24-18-10-12(8-9-22-18)19(25)23-13-6-7-15(21)14(20)11-13/h2-11H,1H3,(H,22,24)(H,23,25). The summed E-state index contributed by atoms with van der Waals surface area (Å²) in [5.41, 5.74) is 1.51. The van der Waals surface area contributed by atoms with Crippen LogP contribution in [0.4, 0.5) is 21.6 Å². The molecule has 2 aromatic carbocycles. The number of carbonyl (C=O) groups is 1. The van der Waals surface area contributed by atoms with Gasteiger partial charge in [0.05, 0.1) is 17.8 Å². The van der Waals surface area contributed by atoms with Crippen LogP contribution in [0.3, 0.4) is 0 Å². The van der Waals surface area contributed by atoms with Gasteiger partial charge >= 0.3 is 0 Å². The fourth-order valence-corrected chi connectivity index (χ4v) is 2.48. The molecule has 2 N–H and O–H groups in total. The van der Waals surface area contributed by atoms with Crippen molar-refractivity contribution >= 4 is 34.7 Å². The average molecular weight is 372 g/mol. The summed E-state index contributed by atoms with van der Waals surface area (Å²) in [6.45, 7) is 0. The lowest BCUT2D eigenvalue weighted by molar-refractivity contribution is 0.102. The molecule has 1 aromatic heterocycles. The second kappa shape index (κ2) is 7.84. The van der Waals surface area contributed by atoms with E-state index < -0.39 is 5.82 Å². The molecule has 1 amide bonds. The molecule has 0 spiro atoms. The number of pyridine rings is 1. The van der Waals surface area contributed by atoms with E-state index in [-0.39, 0.29) is 10.9 Å². The van der Waals surface area contributed by atoms with E-state index in [2.05, 4.69) is 15.6 Å². The number of methoxy groups -OCH3 is 1. The molecule has 26 heavy (non-hydrogen) atoms. The Bertz CT molecular complexity index is 950. The van der Waals surface area contributed by atoms with E-state index in [4.69, 9.17) is 16.3 Å². The van der Waals surface area contributed by atoms with E-state index >= 15 is 0 Å². The van der Waals surface area contributed by atoms with Gasteiger partial charge in [0.1, 0.15) is 17.4 Å². The Morgan fingerprint density at radius 1 is 1.15 bits per heavy atom. The highest BCUT2D eigenvalue weighted by Crippen LogP contribution is 2.26. The summed E-state index contributed by atoms with van der Waals surface area (Å²) in [6, 6.07) is 14.5. The maximum Gasteiger partial charge on any atom is 0.255 e. The van der Waals surface area contributed by atoms with Crippen molar-refractivity contribution < 1.29 is 13.9 Å². The van der Waals surface area contributed by atoms with Gasteiger partial charge in [0.2, 0.25) is 0 Å². The van der Waals surface area contributed by atoms with Gasteiger partial charge in [-0.3, -0.25) is 4.79 Å². The SMILES string of the molecule is COc1ccccc1Nc1cc(C(=O)Nc2ccc(F)c(Cl)c2)ccn1. The Morgan fingerprint density at radius 2 is 1.96 bits per heavy atom. The van der Waals surface area contributed by atoms with Gasteiger partial charge in [0.25, 0.3) is 5.91 Å². The zero-order valence-corrected chi connectivity index (χ0v) is 14.5. The summed E-state index contributed by atoms with van der Waals surface area (Å²) in [6.07, 6.45) is 1.52. The third kappa shape index (κ3) is 4.10. The van der Waals surface area contributed by atoms with Gasteiger partial charge in [-0.1, -0.05) is 23.7 Å². The zero-order valence-electron chi connectivity index (χ0n) is 13.8. The van der Waals surface area contributed by atoms with Crippen LogP contribution in [0.5, 0.6) is 5.75 Å². The van der Waals surface area contributed by atoms with E-state index in [1.807, 2.05) is 24.3 Å². The quantitative estimate of drug-likeness (QED) is 0.671. The molecule has 0 atom stereocenters. The van der Waals surface area contributed by atoms with Crippen LogP contribution < -0.4 is 15.4 Å². The summed E-state index contributed by atoms with van der Waals surface area (Å²) in [4.78, 5) is 16.6. The summed E-state index contributed by atoms with van der Waals surface area (Å²) in [7, 11) is 1.58. The molecule has 0 fully saturated rings. The van der Waals surface area contributed by atoms with Crippen molar-refractivity contribution in [3.8, 4) is 5.75 Å². The van der Waals surface area contributed by atoms with Crippen molar-refractivity contribution in [1.82, 2.24) is 4.98 Å². The number of nitrogens with zero attached hydrogens (tertiary/aromatic N) is 1. The molecule has 7 heteroatoms. The molecule has 0 bridgehead atoms. The zero-order chi connectivity index (χ0) is 18.5. The Morgan fingerprint density at radius 3 is 2.73 bits per heavy atom. The highest BCUT2D eigenvalue weighted by Gasteiger charge is 2.10. The maximum atomic E-state index is 13.2. The number of hydrogen-bond acceptors (Lipinski definition) is 4. The first-order valence-corrected chi connectivity index (χ1v) is 8.07. The van der Waals surface area contributed by atoms with E-state index in [1.54, 1.807) is 19.2 Å². The molecule has 0 unspecified atom stereocenters. The number of nitrogens with one attached hydrogen (secondary N) is 2. The molecular weight excluding hydrogens is 357 g/mol. The third-order valence-electron chi connectivity index (χ3n) is 3.57. The fraction of sp³-hybridized carbons (Fsp3) is 0.0526. The molecule has 0 saturated carbocycles. The van der Waals surface area contributed by atoms with Crippen LogP contribution in [0.1, 0.15) is 10.4 Å². The Balaban J connectivity index is 1.78. The van der Waals surface area contributed by atoms with Gasteiger partial charge in [-0.15, -0.1) is 0 Å². The van der Waals surface area contributed by atoms with Gasteiger partial charge in [-0.05, 0) is 42.5 Å². The smallest absolute Gasteiger partial charge is 0.255 e. The number of carbonyl (C=O) groups excluding carboxylic acids is 1. The molecule has 0 saturated heterocycles. The van der Waals surface area contributed by atoms with E-state index in [0.29, 0.717) is 22.8 Å². The third-order valence-corrected chi connectivity index (χ3v) is 3.86. The van der Waals surface area contributed by atoms with Crippen molar-refractivity contribution in [1.29, 1.82) is 0 Å². The molecule has 132 valence electrons. The molecule has 3 rings (SSSR count). The lowest BCUT2D eigenvalue weighted by atomic mass is 10.2. The lowest BCUT2D eigenvalue weighted by Gasteiger charge is -2.11. The number of anilines is 3. The van der Waals surface area contributed by atoms with Crippen molar-refractivity contribution in [2.75, 3.05) is 17.7 Å². The van der Waals surface area contributed by atoms with Gasteiger partial charge in [-0.2, -0.15) is 0 Å². The topological polar surface area (TPSA) is 63.2 Å². The molecule has 0 aliphatic rings. The Kier molecular flexibility index (Phi) is 5.34. The molecule has 3 aromatic rings. The lowest BCUT2D eigenvalue weighted by Crippen LogP contribution is -2.12. The van der Waals surface area contributed by atoms with Crippen LogP contribution in [-0.2, 0) is 0 Å². The van der Waals surface area contributed by atoms with Crippen molar-refractivity contribution in [3.05, 3.63) is 77.2 Å². The molecule has 0 aliphatic carbocycles. The van der Waals surface area contributed by atoms with E-state index in [0.717, 1.165) is 5.69 Å². The minimum absolute atomic E-state index is 0.0592. The van der Waals surface area contributed by atoms with Crippen LogP contribution in [0, 0.1) is 5.82 Å². The minimum Gasteiger partial charge on any atom is -0.495 e. The number of para-hydroxylation sites is 2. The number of rotatable bonds is 5. The van der Waals surface area contributed by atoms with Crippen molar-refractivity contribution in [2.24, 2.45) is 0 Å². The average Bonchev–Trinajstić information content (AvgIpc) is 2.65. The number of benzene rings is 2. The first-order chi connectivity index (χ1) is 12.6. The summed E-state index contributed by atoms with van der Waals surface area (Å²) >= 11 is 5.73. The van der Waals surface area contributed by atoms with Crippen molar-refractivity contribution in [3.63, 3.8) is 0 Å². The van der Waals surface area contributed by atoms with Gasteiger partial charge in [-0.25, -0.2) is 9.37 Å². The first-order valence-electron chi connectivity index (χ1n) is 7.69. The van der Waals surface area contributed by atoms with Crippen molar-refractivity contribution in [2.45, 2.75) is 0 Å². The monoisotopic (exact) mass is 371 g/mol. The Hall–Kier alpha value is -3.12. The minimum atomic E-state index is -0.545. The highest BCUT2D eigenvalue weighted by atomic mass is 35.5. The number of amides is 1. The molecule has 5 nitrogen and oxygen atoms in total. The van der Waals surface area contributed by atoms with Crippen LogP contribution in [-0.4, -0.2) is 18.0 Å². The maximum absolute atomic E-state index is 13.2. The molecular formula is C19H15ClFN3O2.